The summed E-state index contributed by atoms with van der Waals surface area (Å²) in [6, 6.07) is 25.0. The number of carbonyl (C=O) groups is 3. The maximum Gasteiger partial charge on any atom is 0.240 e. The third-order valence-electron chi connectivity index (χ3n) is 7.10. The summed E-state index contributed by atoms with van der Waals surface area (Å²) in [7, 11) is 0. The van der Waals surface area contributed by atoms with E-state index in [2.05, 4.69) is 0 Å². The molecule has 0 spiro atoms. The van der Waals surface area contributed by atoms with Gasteiger partial charge in [0.25, 0.3) is 0 Å². The summed E-state index contributed by atoms with van der Waals surface area (Å²) < 4.78 is 0. The van der Waals surface area contributed by atoms with Crippen LogP contribution in [0.25, 0.3) is 0 Å². The lowest BCUT2D eigenvalue weighted by Gasteiger charge is -2.31. The highest BCUT2D eigenvalue weighted by Gasteiger charge is 2.58. The molecule has 4 atom stereocenters. The lowest BCUT2D eigenvalue weighted by molar-refractivity contribution is -0.140. The van der Waals surface area contributed by atoms with Crippen LogP contribution in [0.4, 0.5) is 0 Å². The summed E-state index contributed by atoms with van der Waals surface area (Å²) >= 11 is 0. The average molecular weight is 453 g/mol. The number of primary amides is 1. The smallest absolute Gasteiger partial charge is 0.240 e. The van der Waals surface area contributed by atoms with Crippen LogP contribution in [0.5, 0.6) is 0 Å². The van der Waals surface area contributed by atoms with Gasteiger partial charge in [-0.25, -0.2) is 0 Å². The summed E-state index contributed by atoms with van der Waals surface area (Å²) in [4.78, 5) is 42.4. The zero-order chi connectivity index (χ0) is 23.8. The molecule has 4 unspecified atom stereocenters. The van der Waals surface area contributed by atoms with Gasteiger partial charge in [0.05, 0.1) is 12.0 Å². The zero-order valence-corrected chi connectivity index (χ0v) is 19.1. The van der Waals surface area contributed by atoms with E-state index < -0.39 is 29.8 Å². The van der Waals surface area contributed by atoms with Gasteiger partial charge in [-0.3, -0.25) is 14.4 Å². The van der Waals surface area contributed by atoms with Crippen molar-refractivity contribution in [1.29, 1.82) is 0 Å². The maximum absolute atomic E-state index is 14.1. The Labute approximate surface area is 199 Å². The molecule has 0 bridgehead atoms. The van der Waals surface area contributed by atoms with Crippen molar-refractivity contribution in [3.8, 4) is 0 Å². The summed E-state index contributed by atoms with van der Waals surface area (Å²) in [5.74, 6) is -2.05. The molecule has 1 aliphatic heterocycles. The molecule has 172 valence electrons. The van der Waals surface area contributed by atoms with Crippen molar-refractivity contribution in [2.75, 3.05) is 0 Å². The molecule has 2 amide bonds. The predicted octanol–water partition coefficient (Wildman–Crippen LogP) is 4.43. The zero-order valence-electron chi connectivity index (χ0n) is 19.1. The van der Waals surface area contributed by atoms with Gasteiger partial charge in [-0.05, 0) is 30.9 Å². The first-order chi connectivity index (χ1) is 16.5. The van der Waals surface area contributed by atoms with Crippen molar-refractivity contribution in [3.63, 3.8) is 0 Å². The number of likely N-dealkylation sites (tertiary alicyclic amines) is 1. The van der Waals surface area contributed by atoms with E-state index in [1.165, 1.54) is 0 Å². The van der Waals surface area contributed by atoms with Crippen molar-refractivity contribution in [2.45, 2.75) is 37.8 Å². The Morgan fingerprint density at radius 1 is 0.794 bits per heavy atom. The van der Waals surface area contributed by atoms with Crippen LogP contribution in [0, 0.1) is 18.8 Å². The molecule has 1 saturated heterocycles. The molecule has 0 aromatic heterocycles. The molecule has 1 heterocycles. The fourth-order valence-corrected chi connectivity index (χ4v) is 5.34. The van der Waals surface area contributed by atoms with Gasteiger partial charge in [-0.15, -0.1) is 0 Å². The van der Waals surface area contributed by atoms with Crippen LogP contribution in [-0.4, -0.2) is 28.5 Å². The second-order valence-corrected chi connectivity index (χ2v) is 9.42. The number of amides is 2. The van der Waals surface area contributed by atoms with E-state index >= 15 is 0 Å². The van der Waals surface area contributed by atoms with Gasteiger partial charge in [-0.2, -0.15) is 0 Å². The molecular weight excluding hydrogens is 424 g/mol. The number of rotatable bonds is 6. The molecule has 1 aliphatic carbocycles. The summed E-state index contributed by atoms with van der Waals surface area (Å²) in [6.45, 7) is 2.00. The maximum atomic E-state index is 14.1. The lowest BCUT2D eigenvalue weighted by Crippen LogP contribution is -2.47. The monoisotopic (exact) mass is 452 g/mol. The average Bonchev–Trinajstić information content (AvgIpc) is 3.65. The van der Waals surface area contributed by atoms with E-state index in [1.54, 1.807) is 17.0 Å². The number of nitrogens with two attached hydrogens (primary N) is 1. The van der Waals surface area contributed by atoms with Crippen LogP contribution in [-0.2, 0) is 9.59 Å². The van der Waals surface area contributed by atoms with Crippen LogP contribution < -0.4 is 5.73 Å². The number of hydrogen-bond acceptors (Lipinski definition) is 3. The largest absolute Gasteiger partial charge is 0.368 e. The van der Waals surface area contributed by atoms with Gasteiger partial charge < -0.3 is 10.6 Å². The SMILES string of the molecule is Cc1ccc(C2C(C(=O)c3ccccc3)C(c3ccccc3)C(C(N)=O)N2C(=O)C2CC2)cc1. The van der Waals surface area contributed by atoms with Gasteiger partial charge in [0, 0.05) is 17.4 Å². The minimum Gasteiger partial charge on any atom is -0.368 e. The first-order valence-corrected chi connectivity index (χ1v) is 11.8. The van der Waals surface area contributed by atoms with Crippen molar-refractivity contribution in [2.24, 2.45) is 17.6 Å². The highest BCUT2D eigenvalue weighted by Crippen LogP contribution is 2.52. The van der Waals surface area contributed by atoms with E-state index in [-0.39, 0.29) is 17.6 Å². The van der Waals surface area contributed by atoms with E-state index in [9.17, 15) is 14.4 Å². The quantitative estimate of drug-likeness (QED) is 0.562. The summed E-state index contributed by atoms with van der Waals surface area (Å²) in [5.41, 5.74) is 9.32. The molecule has 2 aliphatic rings. The van der Waals surface area contributed by atoms with Gasteiger partial charge in [0.2, 0.25) is 11.8 Å². The molecule has 5 heteroatoms. The van der Waals surface area contributed by atoms with E-state index in [1.807, 2.05) is 79.7 Å². The fourth-order valence-electron chi connectivity index (χ4n) is 5.34. The third kappa shape index (κ3) is 3.92. The molecule has 2 N–H and O–H groups in total. The van der Waals surface area contributed by atoms with Crippen LogP contribution in [0.1, 0.15) is 51.8 Å². The minimum atomic E-state index is -0.903. The van der Waals surface area contributed by atoms with Crippen molar-refractivity contribution < 1.29 is 14.4 Å². The number of aryl methyl sites for hydroxylation is 1. The number of Topliss-reactive ketones (excluding diaryl/α,β-unsaturated/α-hetero) is 1. The van der Waals surface area contributed by atoms with Gasteiger partial charge in [0.1, 0.15) is 6.04 Å². The van der Waals surface area contributed by atoms with Gasteiger partial charge >= 0.3 is 0 Å². The van der Waals surface area contributed by atoms with E-state index in [4.69, 9.17) is 5.73 Å². The van der Waals surface area contributed by atoms with Crippen LogP contribution in [0.2, 0.25) is 0 Å². The molecule has 5 rings (SSSR count). The van der Waals surface area contributed by atoms with Crippen molar-refractivity contribution in [3.05, 3.63) is 107 Å². The molecule has 34 heavy (non-hydrogen) atoms. The number of benzene rings is 3. The summed E-state index contributed by atoms with van der Waals surface area (Å²) in [6.07, 6.45) is 1.60. The molecule has 1 saturated carbocycles. The minimum absolute atomic E-state index is 0.0846. The van der Waals surface area contributed by atoms with E-state index in [0.717, 1.165) is 29.5 Å². The molecule has 3 aromatic rings. The van der Waals surface area contributed by atoms with Crippen LogP contribution in [0.3, 0.4) is 0 Å². The first-order valence-electron chi connectivity index (χ1n) is 11.8. The molecule has 3 aromatic carbocycles. The Morgan fingerprint density at radius 2 is 1.38 bits per heavy atom. The summed E-state index contributed by atoms with van der Waals surface area (Å²) in [5, 5.41) is 0. The number of hydrogen-bond donors (Lipinski definition) is 1. The Hall–Kier alpha value is -3.73. The van der Waals surface area contributed by atoms with Crippen LogP contribution >= 0.6 is 0 Å². The van der Waals surface area contributed by atoms with Gasteiger partial charge in [0.15, 0.2) is 5.78 Å². The van der Waals surface area contributed by atoms with Crippen molar-refractivity contribution in [1.82, 2.24) is 4.90 Å². The van der Waals surface area contributed by atoms with E-state index in [0.29, 0.717) is 5.56 Å². The number of carbonyl (C=O) groups excluding carboxylic acids is 3. The second kappa shape index (κ2) is 8.90. The number of ketones is 1. The highest BCUT2D eigenvalue weighted by atomic mass is 16.2. The third-order valence-corrected chi connectivity index (χ3v) is 7.10. The fraction of sp³-hybridized carbons (Fsp3) is 0.276. The Bertz CT molecular complexity index is 1200. The highest BCUT2D eigenvalue weighted by molar-refractivity contribution is 6.02. The predicted molar refractivity (Wildman–Crippen MR) is 130 cm³/mol. The van der Waals surface area contributed by atoms with Gasteiger partial charge in [-0.1, -0.05) is 90.5 Å². The standard InChI is InChI=1S/C29H28N2O3/c1-18-12-14-20(15-13-18)25-24(27(32)21-10-6-3-7-11-21)23(19-8-4-2-5-9-19)26(28(30)33)31(25)29(34)22-16-17-22/h2-15,22-26H,16-17H2,1H3,(H2,30,33). The Morgan fingerprint density at radius 3 is 1.94 bits per heavy atom. The number of nitrogens with zero attached hydrogens (tertiary/aromatic N) is 1. The Kier molecular flexibility index (Phi) is 5.78. The topological polar surface area (TPSA) is 80.5 Å². The lowest BCUT2D eigenvalue weighted by atomic mass is 9.76. The Balaban J connectivity index is 1.74. The second-order valence-electron chi connectivity index (χ2n) is 9.42. The molecule has 0 radical (unpaired) electrons. The van der Waals surface area contributed by atoms with Crippen molar-refractivity contribution >= 4 is 17.6 Å². The first kappa shape index (κ1) is 22.1. The van der Waals surface area contributed by atoms with Crippen LogP contribution in [0.15, 0.2) is 84.9 Å². The molecule has 5 nitrogen and oxygen atoms in total. The molecule has 2 fully saturated rings. The normalized spacial score (nSPS) is 24.1. The molecular formula is C29H28N2O3.